The molecule has 0 saturated carbocycles. The fourth-order valence-corrected chi connectivity index (χ4v) is 2.36. The average molecular weight is 265 g/mol. The highest BCUT2D eigenvalue weighted by Gasteiger charge is 2.35. The van der Waals surface area contributed by atoms with E-state index in [1.165, 1.54) is 6.92 Å². The molecule has 0 radical (unpaired) electrons. The van der Waals surface area contributed by atoms with Crippen LogP contribution in [-0.2, 0) is 4.79 Å². The van der Waals surface area contributed by atoms with E-state index in [0.29, 0.717) is 11.1 Å². The van der Waals surface area contributed by atoms with E-state index in [9.17, 15) is 14.4 Å². The van der Waals surface area contributed by atoms with E-state index in [1.54, 1.807) is 24.3 Å². The van der Waals surface area contributed by atoms with Gasteiger partial charge < -0.3 is 5.11 Å². The van der Waals surface area contributed by atoms with Gasteiger partial charge in [-0.15, -0.1) is 11.8 Å². The zero-order valence-corrected chi connectivity index (χ0v) is 10.4. The number of carboxylic acids is 1. The third-order valence-electron chi connectivity index (χ3n) is 2.68. The van der Waals surface area contributed by atoms with Crippen LogP contribution in [0.15, 0.2) is 24.3 Å². The van der Waals surface area contributed by atoms with Gasteiger partial charge in [0, 0.05) is 0 Å². The first-order chi connectivity index (χ1) is 8.52. The number of benzene rings is 1. The molecular formula is C12H11NO4S. The number of carbonyl (C=O) groups excluding carboxylic acids is 2. The minimum absolute atomic E-state index is 0.0554. The number of rotatable bonds is 4. The van der Waals surface area contributed by atoms with Gasteiger partial charge >= 0.3 is 5.97 Å². The molecular weight excluding hydrogens is 254 g/mol. The quantitative estimate of drug-likeness (QED) is 0.834. The molecule has 0 bridgehead atoms. The fraction of sp³-hybridized carbons (Fsp3) is 0.250. The van der Waals surface area contributed by atoms with Crippen LogP contribution in [0.3, 0.4) is 0 Å². The molecule has 18 heavy (non-hydrogen) atoms. The van der Waals surface area contributed by atoms with E-state index in [-0.39, 0.29) is 17.7 Å². The number of hydrogen-bond donors (Lipinski definition) is 1. The molecule has 1 heterocycles. The predicted molar refractivity (Wildman–Crippen MR) is 66.5 cm³/mol. The number of carboxylic acid groups (broad SMARTS) is 1. The monoisotopic (exact) mass is 265 g/mol. The maximum Gasteiger partial charge on any atom is 0.316 e. The lowest BCUT2D eigenvalue weighted by molar-refractivity contribution is -0.136. The van der Waals surface area contributed by atoms with Crippen LogP contribution in [0.5, 0.6) is 0 Å². The Morgan fingerprint density at radius 2 is 1.78 bits per heavy atom. The SMILES string of the molecule is CC(SCN1C(=O)c2ccccc2C1=O)C(=O)O. The lowest BCUT2D eigenvalue weighted by Crippen LogP contribution is -2.30. The summed E-state index contributed by atoms with van der Waals surface area (Å²) < 4.78 is 0. The second-order valence-electron chi connectivity index (χ2n) is 3.86. The van der Waals surface area contributed by atoms with Gasteiger partial charge in [0.25, 0.3) is 11.8 Å². The lowest BCUT2D eigenvalue weighted by Gasteiger charge is -2.14. The van der Waals surface area contributed by atoms with Crippen molar-refractivity contribution in [1.29, 1.82) is 0 Å². The van der Waals surface area contributed by atoms with E-state index in [1.807, 2.05) is 0 Å². The van der Waals surface area contributed by atoms with Gasteiger partial charge in [0.15, 0.2) is 0 Å². The molecule has 0 saturated heterocycles. The number of fused-ring (bicyclic) bond motifs is 1. The molecule has 1 N–H and O–H groups in total. The van der Waals surface area contributed by atoms with Gasteiger partial charge in [-0.05, 0) is 19.1 Å². The Labute approximate surface area is 108 Å². The fourth-order valence-electron chi connectivity index (χ4n) is 1.61. The zero-order valence-electron chi connectivity index (χ0n) is 9.62. The summed E-state index contributed by atoms with van der Waals surface area (Å²) in [7, 11) is 0. The van der Waals surface area contributed by atoms with Crippen molar-refractivity contribution in [3.63, 3.8) is 0 Å². The summed E-state index contributed by atoms with van der Waals surface area (Å²) >= 11 is 1.04. The van der Waals surface area contributed by atoms with E-state index in [0.717, 1.165) is 16.7 Å². The Morgan fingerprint density at radius 1 is 1.28 bits per heavy atom. The first-order valence-corrected chi connectivity index (χ1v) is 6.37. The summed E-state index contributed by atoms with van der Waals surface area (Å²) in [6.45, 7) is 1.52. The number of amides is 2. The van der Waals surface area contributed by atoms with E-state index in [4.69, 9.17) is 5.11 Å². The smallest absolute Gasteiger partial charge is 0.316 e. The summed E-state index contributed by atoms with van der Waals surface area (Å²) in [6.07, 6.45) is 0. The van der Waals surface area contributed by atoms with Crippen LogP contribution >= 0.6 is 11.8 Å². The number of hydrogen-bond acceptors (Lipinski definition) is 4. The van der Waals surface area contributed by atoms with Crippen LogP contribution in [0.25, 0.3) is 0 Å². The summed E-state index contributed by atoms with van der Waals surface area (Å²) in [5, 5.41) is 8.09. The molecule has 1 aliphatic rings. The Morgan fingerprint density at radius 3 is 2.22 bits per heavy atom. The van der Waals surface area contributed by atoms with Gasteiger partial charge in [-0.3, -0.25) is 19.3 Å². The van der Waals surface area contributed by atoms with Crippen LogP contribution < -0.4 is 0 Å². The zero-order chi connectivity index (χ0) is 13.3. The lowest BCUT2D eigenvalue weighted by atomic mass is 10.1. The number of carbonyl (C=O) groups is 3. The van der Waals surface area contributed by atoms with Crippen molar-refractivity contribution in [2.75, 3.05) is 5.88 Å². The van der Waals surface area contributed by atoms with E-state index in [2.05, 4.69) is 0 Å². The molecule has 0 aromatic heterocycles. The van der Waals surface area contributed by atoms with Crippen molar-refractivity contribution in [1.82, 2.24) is 4.90 Å². The van der Waals surface area contributed by atoms with Crippen molar-refractivity contribution in [3.05, 3.63) is 35.4 Å². The van der Waals surface area contributed by atoms with Gasteiger partial charge in [-0.2, -0.15) is 0 Å². The first kappa shape index (κ1) is 12.6. The highest BCUT2D eigenvalue weighted by Crippen LogP contribution is 2.25. The molecule has 0 aliphatic carbocycles. The highest BCUT2D eigenvalue weighted by molar-refractivity contribution is 8.00. The molecule has 1 aliphatic heterocycles. The van der Waals surface area contributed by atoms with Crippen LogP contribution in [0.4, 0.5) is 0 Å². The van der Waals surface area contributed by atoms with Crippen molar-refractivity contribution in [2.24, 2.45) is 0 Å². The molecule has 0 spiro atoms. The van der Waals surface area contributed by atoms with Gasteiger partial charge in [-0.1, -0.05) is 12.1 Å². The number of thioether (sulfide) groups is 1. The van der Waals surface area contributed by atoms with Crippen molar-refractivity contribution in [2.45, 2.75) is 12.2 Å². The molecule has 1 aromatic carbocycles. The topological polar surface area (TPSA) is 74.7 Å². The first-order valence-electron chi connectivity index (χ1n) is 5.32. The maximum absolute atomic E-state index is 11.9. The van der Waals surface area contributed by atoms with E-state index < -0.39 is 11.2 Å². The molecule has 5 nitrogen and oxygen atoms in total. The summed E-state index contributed by atoms with van der Waals surface area (Å²) in [5.74, 6) is -1.63. The molecule has 0 fully saturated rings. The number of imide groups is 1. The third kappa shape index (κ3) is 2.11. The summed E-state index contributed by atoms with van der Waals surface area (Å²) in [4.78, 5) is 35.6. The molecule has 1 atom stereocenters. The van der Waals surface area contributed by atoms with Crippen molar-refractivity contribution < 1.29 is 19.5 Å². The Bertz CT molecular complexity index is 494. The Hall–Kier alpha value is -1.82. The Kier molecular flexibility index (Phi) is 3.38. The summed E-state index contributed by atoms with van der Waals surface area (Å²) in [5.41, 5.74) is 0.761. The summed E-state index contributed by atoms with van der Waals surface area (Å²) in [6, 6.07) is 6.59. The van der Waals surface area contributed by atoms with Gasteiger partial charge in [0.1, 0.15) is 5.25 Å². The molecule has 6 heteroatoms. The van der Waals surface area contributed by atoms with Crippen molar-refractivity contribution >= 4 is 29.5 Å². The highest BCUT2D eigenvalue weighted by atomic mass is 32.2. The van der Waals surface area contributed by atoms with Gasteiger partial charge in [0.2, 0.25) is 0 Å². The second kappa shape index (κ2) is 4.81. The standard InChI is InChI=1S/C12H11NO4S/c1-7(12(16)17)18-6-13-10(14)8-4-2-3-5-9(8)11(13)15/h2-5,7H,6H2,1H3,(H,16,17). The molecule has 1 unspecified atom stereocenters. The van der Waals surface area contributed by atoms with Crippen LogP contribution in [0, 0.1) is 0 Å². The third-order valence-corrected chi connectivity index (χ3v) is 3.79. The minimum Gasteiger partial charge on any atom is -0.480 e. The number of nitrogens with zero attached hydrogens (tertiary/aromatic N) is 1. The predicted octanol–water partition coefficient (Wildman–Crippen LogP) is 1.45. The largest absolute Gasteiger partial charge is 0.480 e. The van der Waals surface area contributed by atoms with Crippen LogP contribution in [-0.4, -0.2) is 38.9 Å². The normalized spacial score (nSPS) is 15.7. The van der Waals surface area contributed by atoms with Crippen molar-refractivity contribution in [3.8, 4) is 0 Å². The minimum atomic E-state index is -0.961. The average Bonchev–Trinajstić information content (AvgIpc) is 2.60. The molecule has 1 aromatic rings. The van der Waals surface area contributed by atoms with Gasteiger partial charge in [0.05, 0.1) is 17.0 Å². The second-order valence-corrected chi connectivity index (χ2v) is 5.16. The van der Waals surface area contributed by atoms with Gasteiger partial charge in [-0.25, -0.2) is 0 Å². The van der Waals surface area contributed by atoms with Crippen LogP contribution in [0.1, 0.15) is 27.6 Å². The Balaban J connectivity index is 2.12. The molecule has 2 rings (SSSR count). The molecule has 2 amide bonds. The molecule has 94 valence electrons. The maximum atomic E-state index is 11.9. The van der Waals surface area contributed by atoms with E-state index >= 15 is 0 Å². The van der Waals surface area contributed by atoms with Crippen LogP contribution in [0.2, 0.25) is 0 Å². The number of aliphatic carboxylic acids is 1.